The summed E-state index contributed by atoms with van der Waals surface area (Å²) in [6.45, 7) is 3.69. The summed E-state index contributed by atoms with van der Waals surface area (Å²) in [4.78, 5) is 10.5. The summed E-state index contributed by atoms with van der Waals surface area (Å²) >= 11 is 2.90. The Hall–Kier alpha value is -0.860. The van der Waals surface area contributed by atoms with E-state index in [1.165, 1.54) is 0 Å². The van der Waals surface area contributed by atoms with E-state index in [1.807, 2.05) is 6.92 Å². The van der Waals surface area contributed by atoms with Crippen molar-refractivity contribution in [2.75, 3.05) is 0 Å². The second-order valence-electron chi connectivity index (χ2n) is 3.86. The molecule has 0 amide bonds. The normalized spacial score (nSPS) is 13.5. The van der Waals surface area contributed by atoms with Crippen molar-refractivity contribution in [3.63, 3.8) is 0 Å². The number of furan rings is 1. The van der Waals surface area contributed by atoms with Gasteiger partial charge in [-0.1, -0.05) is 13.3 Å². The molecule has 0 bridgehead atoms. The first-order valence-electron chi connectivity index (χ1n) is 5.33. The Labute approximate surface area is 114 Å². The zero-order chi connectivity index (χ0) is 13.9. The van der Waals surface area contributed by atoms with Crippen molar-refractivity contribution in [2.24, 2.45) is 0 Å². The minimum Gasteiger partial charge on any atom is -0.475 e. The number of carboxylic acid groups (broad SMARTS) is 1. The molecule has 1 aromatic heterocycles. The SMILES string of the molecule is CCCC(C)NS(=O)(=O)c1cc(C(=O)O)oc1Br. The van der Waals surface area contributed by atoms with Crippen molar-refractivity contribution in [2.45, 2.75) is 37.6 Å². The van der Waals surface area contributed by atoms with Crippen LogP contribution in [0.25, 0.3) is 0 Å². The summed E-state index contributed by atoms with van der Waals surface area (Å²) < 4.78 is 31.1. The van der Waals surface area contributed by atoms with Crippen LogP contribution in [-0.4, -0.2) is 25.5 Å². The van der Waals surface area contributed by atoms with Gasteiger partial charge >= 0.3 is 5.97 Å². The van der Waals surface area contributed by atoms with Crippen molar-refractivity contribution in [1.29, 1.82) is 0 Å². The summed E-state index contributed by atoms with van der Waals surface area (Å²) in [5.41, 5.74) is 0. The summed E-state index contributed by atoms with van der Waals surface area (Å²) in [5.74, 6) is -1.75. The molecule has 102 valence electrons. The van der Waals surface area contributed by atoms with Crippen LogP contribution in [0.15, 0.2) is 20.0 Å². The molecule has 0 aliphatic rings. The molecule has 0 saturated carbocycles. The lowest BCUT2D eigenvalue weighted by atomic mass is 10.2. The van der Waals surface area contributed by atoms with Gasteiger partial charge in [0.2, 0.25) is 15.8 Å². The van der Waals surface area contributed by atoms with Crippen molar-refractivity contribution in [3.8, 4) is 0 Å². The lowest BCUT2D eigenvalue weighted by Gasteiger charge is -2.11. The van der Waals surface area contributed by atoms with Crippen LogP contribution in [-0.2, 0) is 10.0 Å². The van der Waals surface area contributed by atoms with E-state index in [9.17, 15) is 13.2 Å². The maximum absolute atomic E-state index is 12.0. The molecule has 0 radical (unpaired) electrons. The number of halogens is 1. The smallest absolute Gasteiger partial charge is 0.371 e. The first-order chi connectivity index (χ1) is 8.27. The van der Waals surface area contributed by atoms with E-state index < -0.39 is 21.8 Å². The molecule has 6 nitrogen and oxygen atoms in total. The van der Waals surface area contributed by atoms with Gasteiger partial charge in [-0.05, 0) is 29.3 Å². The van der Waals surface area contributed by atoms with Gasteiger partial charge in [-0.15, -0.1) is 0 Å². The molecule has 0 saturated heterocycles. The van der Waals surface area contributed by atoms with Crippen LogP contribution in [0.1, 0.15) is 37.2 Å². The van der Waals surface area contributed by atoms with E-state index in [0.29, 0.717) is 6.42 Å². The van der Waals surface area contributed by atoms with Gasteiger partial charge in [0.15, 0.2) is 4.67 Å². The van der Waals surface area contributed by atoms with Crippen LogP contribution >= 0.6 is 15.9 Å². The molecule has 0 spiro atoms. The third-order valence-electron chi connectivity index (χ3n) is 2.23. The average Bonchev–Trinajstić information content (AvgIpc) is 2.60. The minimum absolute atomic E-state index is 0.115. The molecule has 0 aliphatic carbocycles. The van der Waals surface area contributed by atoms with Crippen LogP contribution in [0, 0.1) is 0 Å². The predicted molar refractivity (Wildman–Crippen MR) is 68.1 cm³/mol. The molecular formula is C10H14BrNO5S. The summed E-state index contributed by atoms with van der Waals surface area (Å²) in [6, 6.07) is 0.753. The van der Waals surface area contributed by atoms with Gasteiger partial charge in [-0.2, -0.15) is 0 Å². The zero-order valence-corrected chi connectivity index (χ0v) is 12.3. The maximum Gasteiger partial charge on any atom is 0.371 e. The Morgan fingerprint density at radius 1 is 1.61 bits per heavy atom. The number of sulfonamides is 1. The van der Waals surface area contributed by atoms with Gasteiger partial charge in [0, 0.05) is 12.1 Å². The molecule has 18 heavy (non-hydrogen) atoms. The molecule has 8 heteroatoms. The topological polar surface area (TPSA) is 96.6 Å². The lowest BCUT2D eigenvalue weighted by molar-refractivity contribution is 0.0661. The Morgan fingerprint density at radius 2 is 2.22 bits per heavy atom. The first kappa shape index (κ1) is 15.2. The molecule has 1 heterocycles. The third kappa shape index (κ3) is 3.56. The number of carboxylic acids is 1. The fraction of sp³-hybridized carbons (Fsp3) is 0.500. The zero-order valence-electron chi connectivity index (χ0n) is 9.94. The lowest BCUT2D eigenvalue weighted by Crippen LogP contribution is -2.32. The number of hydrogen-bond donors (Lipinski definition) is 2. The first-order valence-corrected chi connectivity index (χ1v) is 7.60. The van der Waals surface area contributed by atoms with Gasteiger partial charge in [0.25, 0.3) is 0 Å². The van der Waals surface area contributed by atoms with Crippen molar-refractivity contribution in [3.05, 3.63) is 16.5 Å². The van der Waals surface area contributed by atoms with Crippen molar-refractivity contribution in [1.82, 2.24) is 4.72 Å². The predicted octanol–water partition coefficient (Wildman–Crippen LogP) is 2.21. The van der Waals surface area contributed by atoms with Crippen LogP contribution in [0.4, 0.5) is 0 Å². The molecule has 1 unspecified atom stereocenters. The highest BCUT2D eigenvalue weighted by atomic mass is 79.9. The van der Waals surface area contributed by atoms with E-state index >= 15 is 0 Å². The number of hydrogen-bond acceptors (Lipinski definition) is 4. The summed E-state index contributed by atoms with van der Waals surface area (Å²) in [5, 5.41) is 8.72. The van der Waals surface area contributed by atoms with Crippen LogP contribution in [0.2, 0.25) is 0 Å². The average molecular weight is 340 g/mol. The fourth-order valence-corrected chi connectivity index (χ4v) is 3.68. The molecule has 1 atom stereocenters. The quantitative estimate of drug-likeness (QED) is 0.828. The van der Waals surface area contributed by atoms with Gasteiger partial charge in [0.05, 0.1) is 0 Å². The molecule has 1 rings (SSSR count). The van der Waals surface area contributed by atoms with Crippen molar-refractivity contribution >= 4 is 31.9 Å². The van der Waals surface area contributed by atoms with Crippen molar-refractivity contribution < 1.29 is 22.7 Å². The Morgan fingerprint density at radius 3 is 2.67 bits per heavy atom. The number of carbonyl (C=O) groups is 1. The van der Waals surface area contributed by atoms with Gasteiger partial charge in [-0.3, -0.25) is 0 Å². The largest absolute Gasteiger partial charge is 0.475 e. The molecule has 1 aromatic rings. The van der Waals surface area contributed by atoms with Crippen LogP contribution in [0.3, 0.4) is 0 Å². The van der Waals surface area contributed by atoms with Gasteiger partial charge < -0.3 is 9.52 Å². The summed E-state index contributed by atoms with van der Waals surface area (Å²) in [7, 11) is -3.78. The minimum atomic E-state index is -3.78. The highest BCUT2D eigenvalue weighted by Crippen LogP contribution is 2.26. The Bertz CT molecular complexity index is 536. The number of rotatable bonds is 6. The van der Waals surface area contributed by atoms with E-state index in [1.54, 1.807) is 6.92 Å². The second kappa shape index (κ2) is 5.85. The van der Waals surface area contributed by atoms with Gasteiger partial charge in [-0.25, -0.2) is 17.9 Å². The highest BCUT2D eigenvalue weighted by molar-refractivity contribution is 9.10. The number of nitrogens with one attached hydrogen (secondary N) is 1. The standard InChI is InChI=1S/C10H14BrNO5S/c1-3-4-6(2)12-18(15,16)8-5-7(10(13)14)17-9(8)11/h5-6,12H,3-4H2,1-2H3,(H,13,14). The second-order valence-corrected chi connectivity index (χ2v) is 6.27. The fourth-order valence-electron chi connectivity index (χ4n) is 1.46. The van der Waals surface area contributed by atoms with E-state index in [-0.39, 0.29) is 15.6 Å². The van der Waals surface area contributed by atoms with E-state index in [0.717, 1.165) is 12.5 Å². The monoisotopic (exact) mass is 339 g/mol. The molecular weight excluding hydrogens is 326 g/mol. The van der Waals surface area contributed by atoms with E-state index in [2.05, 4.69) is 20.7 Å². The maximum atomic E-state index is 12.0. The molecule has 2 N–H and O–H groups in total. The number of aromatic carboxylic acids is 1. The highest BCUT2D eigenvalue weighted by Gasteiger charge is 2.25. The van der Waals surface area contributed by atoms with E-state index in [4.69, 9.17) is 9.52 Å². The van der Waals surface area contributed by atoms with Crippen LogP contribution < -0.4 is 4.72 Å². The Balaban J connectivity index is 3.01. The Kier molecular flexibility index (Phi) is 4.94. The van der Waals surface area contributed by atoms with Gasteiger partial charge in [0.1, 0.15) is 4.90 Å². The van der Waals surface area contributed by atoms with Crippen LogP contribution in [0.5, 0.6) is 0 Å². The third-order valence-corrected chi connectivity index (χ3v) is 4.68. The molecule has 0 aromatic carbocycles. The molecule has 0 fully saturated rings. The molecule has 0 aliphatic heterocycles. The summed E-state index contributed by atoms with van der Waals surface area (Å²) in [6.07, 6.45) is 1.54.